The van der Waals surface area contributed by atoms with E-state index >= 15 is 0 Å². The van der Waals surface area contributed by atoms with Gasteiger partial charge >= 0.3 is 5.97 Å². The Kier molecular flexibility index (Phi) is 6.77. The van der Waals surface area contributed by atoms with Crippen molar-refractivity contribution < 1.29 is 28.6 Å². The summed E-state index contributed by atoms with van der Waals surface area (Å²) in [7, 11) is 0. The van der Waals surface area contributed by atoms with Crippen LogP contribution in [-0.2, 0) is 33.8 Å². The fraction of sp³-hybridized carbons (Fsp3) is 0.308. The smallest absolute Gasteiger partial charge is 0.326 e. The van der Waals surface area contributed by atoms with Gasteiger partial charge in [0.25, 0.3) is 5.91 Å². The van der Waals surface area contributed by atoms with Crippen LogP contribution in [0.15, 0.2) is 52.9 Å². The summed E-state index contributed by atoms with van der Waals surface area (Å²) >= 11 is 0. The molecule has 8 heteroatoms. The van der Waals surface area contributed by atoms with Crippen molar-refractivity contribution in [1.82, 2.24) is 9.88 Å². The minimum atomic E-state index is -1.12. The molecule has 1 aromatic heterocycles. The maximum atomic E-state index is 12.5. The monoisotopic (exact) mass is 462 g/mol. The zero-order valence-corrected chi connectivity index (χ0v) is 19.1. The summed E-state index contributed by atoms with van der Waals surface area (Å²) in [4.78, 5) is 41.8. The van der Waals surface area contributed by atoms with Gasteiger partial charge in [-0.2, -0.15) is 0 Å². The quantitative estimate of drug-likeness (QED) is 0.510. The molecule has 1 aliphatic heterocycles. The molecule has 8 nitrogen and oxygen atoms in total. The Morgan fingerprint density at radius 1 is 1.15 bits per heavy atom. The van der Waals surface area contributed by atoms with Gasteiger partial charge in [-0.05, 0) is 42.3 Å². The molecule has 3 aromatic rings. The third-order valence-electron chi connectivity index (χ3n) is 5.93. The number of aromatic nitrogens is 1. The fourth-order valence-electron chi connectivity index (χ4n) is 4.03. The number of carboxylic acids is 1. The largest absolute Gasteiger partial charge is 0.493 e. The second-order valence-electron chi connectivity index (χ2n) is 8.18. The van der Waals surface area contributed by atoms with Gasteiger partial charge in [0.15, 0.2) is 0 Å². The molecule has 1 aliphatic rings. The van der Waals surface area contributed by atoms with Crippen molar-refractivity contribution in [3.63, 3.8) is 0 Å². The van der Waals surface area contributed by atoms with Gasteiger partial charge in [-0.25, -0.2) is 9.78 Å². The first-order valence-electron chi connectivity index (χ1n) is 11.2. The Labute approximate surface area is 197 Å². The lowest BCUT2D eigenvalue weighted by Gasteiger charge is -2.34. The number of fused-ring (bicyclic) bond motifs is 1. The molecule has 1 N–H and O–H groups in total. The van der Waals surface area contributed by atoms with Crippen LogP contribution in [0, 0.1) is 6.92 Å². The van der Waals surface area contributed by atoms with E-state index in [1.807, 2.05) is 43.3 Å². The van der Waals surface area contributed by atoms with E-state index in [1.165, 1.54) is 0 Å². The Morgan fingerprint density at radius 2 is 1.91 bits per heavy atom. The summed E-state index contributed by atoms with van der Waals surface area (Å²) in [6, 6.07) is 14.0. The molecule has 2 aromatic carbocycles. The highest BCUT2D eigenvalue weighted by molar-refractivity contribution is 6.36. The lowest BCUT2D eigenvalue weighted by Crippen LogP contribution is -2.50. The number of ether oxygens (including phenoxy) is 1. The van der Waals surface area contributed by atoms with Crippen molar-refractivity contribution in [2.75, 3.05) is 6.61 Å². The van der Waals surface area contributed by atoms with Crippen LogP contribution >= 0.6 is 0 Å². The number of benzene rings is 2. The fourth-order valence-corrected chi connectivity index (χ4v) is 4.03. The van der Waals surface area contributed by atoms with E-state index < -0.39 is 23.7 Å². The summed E-state index contributed by atoms with van der Waals surface area (Å²) in [6.45, 7) is 3.88. The first-order chi connectivity index (χ1) is 16.4. The summed E-state index contributed by atoms with van der Waals surface area (Å²) < 4.78 is 11.7. The predicted octanol–water partition coefficient (Wildman–Crippen LogP) is 3.59. The second-order valence-corrected chi connectivity index (χ2v) is 8.18. The van der Waals surface area contributed by atoms with Crippen LogP contribution in [-0.4, -0.2) is 45.3 Å². The van der Waals surface area contributed by atoms with E-state index in [0.29, 0.717) is 24.7 Å². The Hall–Kier alpha value is -3.94. The van der Waals surface area contributed by atoms with Crippen molar-refractivity contribution in [3.05, 3.63) is 71.1 Å². The van der Waals surface area contributed by atoms with Crippen LogP contribution in [0.2, 0.25) is 0 Å². The van der Waals surface area contributed by atoms with Gasteiger partial charge in [0.05, 0.1) is 12.3 Å². The molecule has 1 amide bonds. The molecule has 0 radical (unpaired) electrons. The average Bonchev–Trinajstić information content (AvgIpc) is 3.23. The molecule has 1 atom stereocenters. The van der Waals surface area contributed by atoms with Gasteiger partial charge in [0, 0.05) is 31.4 Å². The number of ketones is 1. The molecule has 4 rings (SSSR count). The number of hydrogen-bond donors (Lipinski definition) is 1. The number of carboxylic acid groups (broad SMARTS) is 1. The summed E-state index contributed by atoms with van der Waals surface area (Å²) in [5, 5.41) is 9.57. The van der Waals surface area contributed by atoms with Crippen molar-refractivity contribution in [2.24, 2.45) is 0 Å². The molecule has 0 aliphatic carbocycles. The second kappa shape index (κ2) is 9.91. The molecule has 2 heterocycles. The standard InChI is InChI=1S/C26H26N2O6/c1-3-23(29)25(30)28-15-19-13-20(10-9-18(19)14-22(28)26(31)32)33-12-11-21-16(2)34-24(27-21)17-7-5-4-6-8-17/h4-10,13,22H,3,11-12,14-15H2,1-2H3,(H,31,32)/t22-/m0/s1. The lowest BCUT2D eigenvalue weighted by molar-refractivity contribution is -0.155. The number of Topliss-reactive ketones (excluding diaryl/α,β-unsaturated/α-hetero) is 1. The number of aliphatic carboxylic acids is 1. The Bertz CT molecular complexity index is 1220. The molecule has 0 fully saturated rings. The van der Waals surface area contributed by atoms with Crippen LogP contribution in [0.5, 0.6) is 5.75 Å². The number of hydrogen-bond acceptors (Lipinski definition) is 6. The number of oxazole rings is 1. The van der Waals surface area contributed by atoms with Crippen LogP contribution in [0.3, 0.4) is 0 Å². The first-order valence-corrected chi connectivity index (χ1v) is 11.2. The van der Waals surface area contributed by atoms with E-state index in [2.05, 4.69) is 4.98 Å². The topological polar surface area (TPSA) is 110 Å². The molecule has 0 saturated heterocycles. The normalized spacial score (nSPS) is 15.0. The summed E-state index contributed by atoms with van der Waals surface area (Å²) in [5.41, 5.74) is 3.33. The Balaban J connectivity index is 1.44. The predicted molar refractivity (Wildman–Crippen MR) is 123 cm³/mol. The molecule has 0 bridgehead atoms. The Morgan fingerprint density at radius 3 is 2.62 bits per heavy atom. The number of amides is 1. The molecule has 34 heavy (non-hydrogen) atoms. The molecule has 0 unspecified atom stereocenters. The number of nitrogens with zero attached hydrogens (tertiary/aromatic N) is 2. The minimum Gasteiger partial charge on any atom is -0.493 e. The van der Waals surface area contributed by atoms with E-state index in [-0.39, 0.29) is 19.4 Å². The highest BCUT2D eigenvalue weighted by Crippen LogP contribution is 2.28. The lowest BCUT2D eigenvalue weighted by atomic mass is 9.93. The molecular weight excluding hydrogens is 436 g/mol. The average molecular weight is 463 g/mol. The van der Waals surface area contributed by atoms with E-state index in [4.69, 9.17) is 9.15 Å². The third kappa shape index (κ3) is 4.85. The molecular formula is C26H26N2O6. The van der Waals surface area contributed by atoms with Crippen molar-refractivity contribution >= 4 is 17.7 Å². The number of carbonyl (C=O) groups is 3. The van der Waals surface area contributed by atoms with Gasteiger partial charge in [0.1, 0.15) is 17.6 Å². The van der Waals surface area contributed by atoms with Crippen molar-refractivity contribution in [1.29, 1.82) is 0 Å². The van der Waals surface area contributed by atoms with Gasteiger partial charge in [-0.15, -0.1) is 0 Å². The van der Waals surface area contributed by atoms with Crippen molar-refractivity contribution in [3.8, 4) is 17.2 Å². The number of aryl methyl sites for hydroxylation is 1. The van der Waals surface area contributed by atoms with Gasteiger partial charge in [-0.3, -0.25) is 9.59 Å². The molecule has 0 saturated carbocycles. The maximum absolute atomic E-state index is 12.5. The number of rotatable bonds is 8. The van der Waals surface area contributed by atoms with Gasteiger partial charge in [-0.1, -0.05) is 31.2 Å². The number of carbonyl (C=O) groups excluding carboxylic acids is 2. The first kappa shape index (κ1) is 23.2. The van der Waals surface area contributed by atoms with Gasteiger partial charge < -0.3 is 19.2 Å². The SMILES string of the molecule is CCC(=O)C(=O)N1Cc2cc(OCCc3nc(-c4ccccc4)oc3C)ccc2C[C@H]1C(=O)O. The van der Waals surface area contributed by atoms with Crippen LogP contribution in [0.25, 0.3) is 11.5 Å². The van der Waals surface area contributed by atoms with E-state index in [1.54, 1.807) is 19.1 Å². The molecule has 0 spiro atoms. The van der Waals surface area contributed by atoms with E-state index in [9.17, 15) is 19.5 Å². The van der Waals surface area contributed by atoms with Crippen LogP contribution in [0.4, 0.5) is 0 Å². The minimum absolute atomic E-state index is 0.0329. The van der Waals surface area contributed by atoms with Crippen LogP contribution in [0.1, 0.15) is 35.9 Å². The summed E-state index contributed by atoms with van der Waals surface area (Å²) in [5.74, 6) is -0.571. The van der Waals surface area contributed by atoms with Crippen LogP contribution < -0.4 is 4.74 Å². The highest BCUT2D eigenvalue weighted by Gasteiger charge is 2.36. The van der Waals surface area contributed by atoms with Crippen molar-refractivity contribution in [2.45, 2.75) is 45.7 Å². The zero-order valence-electron chi connectivity index (χ0n) is 19.1. The molecule has 176 valence electrons. The third-order valence-corrected chi connectivity index (χ3v) is 5.93. The maximum Gasteiger partial charge on any atom is 0.326 e. The summed E-state index contributed by atoms with van der Waals surface area (Å²) in [6.07, 6.45) is 0.731. The zero-order chi connectivity index (χ0) is 24.2. The van der Waals surface area contributed by atoms with Gasteiger partial charge in [0.2, 0.25) is 11.7 Å². The highest BCUT2D eigenvalue weighted by atomic mass is 16.5. The van der Waals surface area contributed by atoms with E-state index in [0.717, 1.165) is 33.0 Å².